The topological polar surface area (TPSA) is 81.2 Å². The van der Waals surface area contributed by atoms with Crippen molar-refractivity contribution in [2.75, 3.05) is 17.6 Å². The van der Waals surface area contributed by atoms with Crippen LogP contribution in [-0.2, 0) is 0 Å². The number of nitrogens with one attached hydrogen (secondary N) is 1. The molecule has 1 fully saturated rings. The van der Waals surface area contributed by atoms with E-state index in [-0.39, 0.29) is 5.69 Å². The van der Waals surface area contributed by atoms with Gasteiger partial charge in [-0.05, 0) is 36.7 Å². The molecule has 116 valence electrons. The number of nitro groups is 1. The smallest absolute Gasteiger partial charge is 0.271 e. The maximum Gasteiger partial charge on any atom is 0.271 e. The van der Waals surface area contributed by atoms with Gasteiger partial charge in [0.15, 0.2) is 0 Å². The molecule has 0 radical (unpaired) electrons. The number of nitrogens with two attached hydrogens (primary N) is 1. The summed E-state index contributed by atoms with van der Waals surface area (Å²) in [4.78, 5) is 10.3. The van der Waals surface area contributed by atoms with Crippen LogP contribution in [-0.4, -0.2) is 11.5 Å². The summed E-state index contributed by atoms with van der Waals surface area (Å²) in [5.41, 5.74) is 7.56. The van der Waals surface area contributed by atoms with Gasteiger partial charge < -0.3 is 11.1 Å². The van der Waals surface area contributed by atoms with E-state index in [1.165, 1.54) is 44.2 Å². The van der Waals surface area contributed by atoms with E-state index >= 15 is 0 Å². The zero-order valence-corrected chi connectivity index (χ0v) is 12.9. The van der Waals surface area contributed by atoms with Gasteiger partial charge in [0.1, 0.15) is 0 Å². The number of hydrogen-bond acceptors (Lipinski definition) is 4. The second-order valence-electron chi connectivity index (χ2n) is 6.69. The van der Waals surface area contributed by atoms with Crippen molar-refractivity contribution >= 4 is 17.1 Å². The Hall–Kier alpha value is -1.78. The van der Waals surface area contributed by atoms with Gasteiger partial charge in [-0.3, -0.25) is 10.1 Å². The van der Waals surface area contributed by atoms with Crippen LogP contribution in [0.15, 0.2) is 18.2 Å². The van der Waals surface area contributed by atoms with Gasteiger partial charge in [0.2, 0.25) is 0 Å². The molecule has 1 saturated carbocycles. The Kier molecular flexibility index (Phi) is 4.70. The zero-order valence-electron chi connectivity index (χ0n) is 12.9. The zero-order chi connectivity index (χ0) is 15.5. The molecule has 1 aliphatic rings. The normalized spacial score (nSPS) is 17.1. The number of hydrogen-bond donors (Lipinski definition) is 2. The van der Waals surface area contributed by atoms with E-state index in [4.69, 9.17) is 5.73 Å². The second kappa shape index (κ2) is 6.33. The third kappa shape index (κ3) is 3.86. The Morgan fingerprint density at radius 1 is 1.38 bits per heavy atom. The molecule has 0 atom stereocenters. The van der Waals surface area contributed by atoms with Gasteiger partial charge in [0, 0.05) is 18.7 Å². The predicted octanol–water partition coefficient (Wildman–Crippen LogP) is 4.20. The molecule has 0 heterocycles. The number of anilines is 2. The molecule has 3 N–H and O–H groups in total. The summed E-state index contributed by atoms with van der Waals surface area (Å²) in [6, 6.07) is 4.64. The summed E-state index contributed by atoms with van der Waals surface area (Å²) in [6.07, 6.45) is 6.32. The third-order valence-electron chi connectivity index (χ3n) is 4.41. The van der Waals surface area contributed by atoms with Crippen LogP contribution in [0.3, 0.4) is 0 Å². The van der Waals surface area contributed by atoms with Gasteiger partial charge in [0.25, 0.3) is 5.69 Å². The van der Waals surface area contributed by atoms with E-state index in [0.29, 0.717) is 17.0 Å². The van der Waals surface area contributed by atoms with Crippen molar-refractivity contribution in [3.8, 4) is 0 Å². The van der Waals surface area contributed by atoms with Crippen LogP contribution in [0.4, 0.5) is 17.1 Å². The number of rotatable bonds is 6. The van der Waals surface area contributed by atoms with Crippen molar-refractivity contribution in [3.05, 3.63) is 28.3 Å². The van der Waals surface area contributed by atoms with E-state index in [1.54, 1.807) is 6.07 Å². The lowest BCUT2D eigenvalue weighted by atomic mass is 9.78. The first kappa shape index (κ1) is 15.6. The number of nitrogens with zero attached hydrogens (tertiary/aromatic N) is 1. The average Bonchev–Trinajstić information content (AvgIpc) is 2.85. The van der Waals surface area contributed by atoms with Crippen molar-refractivity contribution in [2.45, 2.75) is 46.0 Å². The molecule has 2 rings (SSSR count). The van der Waals surface area contributed by atoms with Crippen LogP contribution < -0.4 is 11.1 Å². The van der Waals surface area contributed by atoms with E-state index in [9.17, 15) is 10.1 Å². The fraction of sp³-hybridized carbons (Fsp3) is 0.625. The molecule has 1 aromatic carbocycles. The highest BCUT2D eigenvalue weighted by Crippen LogP contribution is 2.43. The van der Waals surface area contributed by atoms with Crippen LogP contribution in [0, 0.1) is 21.4 Å². The number of nitrogen functional groups attached to an aromatic ring is 1. The molecule has 0 aromatic heterocycles. The van der Waals surface area contributed by atoms with Crippen LogP contribution >= 0.6 is 0 Å². The van der Waals surface area contributed by atoms with Crippen molar-refractivity contribution in [3.63, 3.8) is 0 Å². The van der Waals surface area contributed by atoms with Crippen molar-refractivity contribution in [1.29, 1.82) is 0 Å². The molecule has 5 nitrogen and oxygen atoms in total. The molecule has 1 aliphatic carbocycles. The van der Waals surface area contributed by atoms with Gasteiger partial charge in [-0.1, -0.05) is 26.7 Å². The molecule has 0 saturated heterocycles. The number of nitro benzene ring substituents is 1. The Labute approximate surface area is 126 Å². The molecule has 0 bridgehead atoms. The summed E-state index contributed by atoms with van der Waals surface area (Å²) in [6.45, 7) is 5.42. The average molecular weight is 291 g/mol. The van der Waals surface area contributed by atoms with Gasteiger partial charge in [-0.2, -0.15) is 0 Å². The van der Waals surface area contributed by atoms with Crippen molar-refractivity contribution in [1.82, 2.24) is 0 Å². The first-order valence-electron chi connectivity index (χ1n) is 7.70. The standard InChI is InChI=1S/C16H25N3O2/c1-12(2)10-16(7-3-4-8-16)11-18-15-6-5-13(19(20)21)9-14(15)17/h5-6,9,12,18H,3-4,7-8,10-11,17H2,1-2H3. The fourth-order valence-electron chi connectivity index (χ4n) is 3.55. The van der Waals surface area contributed by atoms with E-state index < -0.39 is 4.92 Å². The number of benzene rings is 1. The summed E-state index contributed by atoms with van der Waals surface area (Å²) in [5, 5.41) is 14.2. The Balaban J connectivity index is 2.06. The third-order valence-corrected chi connectivity index (χ3v) is 4.41. The lowest BCUT2D eigenvalue weighted by Crippen LogP contribution is -2.28. The monoisotopic (exact) mass is 291 g/mol. The van der Waals surface area contributed by atoms with Crippen LogP contribution in [0.2, 0.25) is 0 Å². The lowest BCUT2D eigenvalue weighted by molar-refractivity contribution is -0.384. The van der Waals surface area contributed by atoms with Crippen molar-refractivity contribution < 1.29 is 4.92 Å². The van der Waals surface area contributed by atoms with E-state index in [2.05, 4.69) is 19.2 Å². The fourth-order valence-corrected chi connectivity index (χ4v) is 3.55. The molecule has 0 amide bonds. The molecular formula is C16H25N3O2. The summed E-state index contributed by atoms with van der Waals surface area (Å²) >= 11 is 0. The Morgan fingerprint density at radius 2 is 2.05 bits per heavy atom. The van der Waals surface area contributed by atoms with E-state index in [0.717, 1.165) is 12.2 Å². The van der Waals surface area contributed by atoms with Gasteiger partial charge in [-0.25, -0.2) is 0 Å². The SMILES string of the molecule is CC(C)CC1(CNc2ccc([N+](=O)[O-])cc2N)CCCC1. The summed E-state index contributed by atoms with van der Waals surface area (Å²) in [7, 11) is 0. The van der Waals surface area contributed by atoms with Crippen LogP contribution in [0.25, 0.3) is 0 Å². The first-order valence-corrected chi connectivity index (χ1v) is 7.70. The van der Waals surface area contributed by atoms with Crippen molar-refractivity contribution in [2.24, 2.45) is 11.3 Å². The highest BCUT2D eigenvalue weighted by atomic mass is 16.6. The van der Waals surface area contributed by atoms with Crippen LogP contribution in [0.5, 0.6) is 0 Å². The molecule has 21 heavy (non-hydrogen) atoms. The minimum Gasteiger partial charge on any atom is -0.397 e. The lowest BCUT2D eigenvalue weighted by Gasteiger charge is -2.31. The van der Waals surface area contributed by atoms with Gasteiger partial charge in [0.05, 0.1) is 16.3 Å². The van der Waals surface area contributed by atoms with Gasteiger partial charge >= 0.3 is 0 Å². The molecular weight excluding hydrogens is 266 g/mol. The maximum absolute atomic E-state index is 10.7. The minimum absolute atomic E-state index is 0.0378. The summed E-state index contributed by atoms with van der Waals surface area (Å²) < 4.78 is 0. The molecule has 0 spiro atoms. The molecule has 0 aliphatic heterocycles. The highest BCUT2D eigenvalue weighted by Gasteiger charge is 2.34. The Bertz CT molecular complexity index is 508. The minimum atomic E-state index is -0.419. The van der Waals surface area contributed by atoms with Gasteiger partial charge in [-0.15, -0.1) is 0 Å². The molecule has 5 heteroatoms. The maximum atomic E-state index is 10.7. The Morgan fingerprint density at radius 3 is 2.57 bits per heavy atom. The van der Waals surface area contributed by atoms with E-state index in [1.807, 2.05) is 0 Å². The number of non-ortho nitro benzene ring substituents is 1. The molecule has 1 aromatic rings. The summed E-state index contributed by atoms with van der Waals surface area (Å²) in [5.74, 6) is 0.680. The quantitative estimate of drug-likeness (QED) is 0.467. The predicted molar refractivity (Wildman–Crippen MR) is 86.4 cm³/mol. The van der Waals surface area contributed by atoms with Crippen LogP contribution in [0.1, 0.15) is 46.0 Å². The first-order chi connectivity index (χ1) is 9.92. The molecule has 0 unspecified atom stereocenters. The largest absolute Gasteiger partial charge is 0.397 e. The second-order valence-corrected chi connectivity index (χ2v) is 6.69. The highest BCUT2D eigenvalue weighted by molar-refractivity contribution is 5.69.